The molecule has 2 aromatic rings. The number of hydrogen-bond donors (Lipinski definition) is 1. The number of benzene rings is 1. The third kappa shape index (κ3) is 3.35. The lowest BCUT2D eigenvalue weighted by molar-refractivity contribution is 0.0674. The Bertz CT molecular complexity index is 954. The van der Waals surface area contributed by atoms with E-state index < -0.39 is 10.0 Å². The van der Waals surface area contributed by atoms with Gasteiger partial charge in [-0.1, -0.05) is 6.07 Å². The van der Waals surface area contributed by atoms with Gasteiger partial charge in [0.2, 0.25) is 10.0 Å². The number of amides is 1. The molecule has 1 amide bonds. The zero-order valence-corrected chi connectivity index (χ0v) is 15.7. The summed E-state index contributed by atoms with van der Waals surface area (Å²) in [5, 5.41) is 13.5. The van der Waals surface area contributed by atoms with Crippen molar-refractivity contribution in [3.8, 4) is 0 Å². The van der Waals surface area contributed by atoms with Gasteiger partial charge in [-0.3, -0.25) is 4.79 Å². The van der Waals surface area contributed by atoms with E-state index in [0.29, 0.717) is 36.6 Å². The molecule has 2 heterocycles. The second-order valence-corrected chi connectivity index (χ2v) is 7.95. The molecule has 0 radical (unpaired) electrons. The molecule has 26 heavy (non-hydrogen) atoms. The molecule has 0 saturated carbocycles. The van der Waals surface area contributed by atoms with Crippen LogP contribution < -0.4 is 5.14 Å². The number of methoxy groups -OCH3 is 1. The van der Waals surface area contributed by atoms with Crippen molar-refractivity contribution in [1.29, 1.82) is 0 Å². The Kier molecular flexibility index (Phi) is 4.82. The molecule has 10 heteroatoms. The first-order valence-electron chi connectivity index (χ1n) is 8.06. The van der Waals surface area contributed by atoms with Gasteiger partial charge < -0.3 is 14.2 Å². The highest BCUT2D eigenvalue weighted by Gasteiger charge is 2.30. The fraction of sp³-hybridized carbons (Fsp3) is 0.438. The summed E-state index contributed by atoms with van der Waals surface area (Å²) in [5.41, 5.74) is 0.996. The van der Waals surface area contributed by atoms with Crippen LogP contribution in [0, 0.1) is 6.92 Å². The van der Waals surface area contributed by atoms with Crippen molar-refractivity contribution < 1.29 is 17.9 Å². The van der Waals surface area contributed by atoms with Crippen molar-refractivity contribution in [1.82, 2.24) is 19.7 Å². The molecule has 0 aliphatic carbocycles. The first-order chi connectivity index (χ1) is 12.2. The third-order valence-corrected chi connectivity index (χ3v) is 5.33. The van der Waals surface area contributed by atoms with Gasteiger partial charge in [0.25, 0.3) is 5.91 Å². The molecule has 0 fully saturated rings. The maximum Gasteiger partial charge on any atom is 0.254 e. The summed E-state index contributed by atoms with van der Waals surface area (Å²) >= 11 is 0. The number of nitrogens with zero attached hydrogens (tertiary/aromatic N) is 4. The SMILES string of the molecule is COCc1nnc2n1[C@@H](C)CN(C(=O)c1cc(S(N)(=O)=O)ccc1C)C2. The van der Waals surface area contributed by atoms with E-state index in [4.69, 9.17) is 9.88 Å². The third-order valence-electron chi connectivity index (χ3n) is 4.42. The van der Waals surface area contributed by atoms with Gasteiger partial charge in [0.15, 0.2) is 11.6 Å². The molecule has 1 aliphatic heterocycles. The molecule has 0 saturated heterocycles. The minimum absolute atomic E-state index is 0.0235. The molecular formula is C16H21N5O4S. The van der Waals surface area contributed by atoms with Gasteiger partial charge in [-0.05, 0) is 31.5 Å². The quantitative estimate of drug-likeness (QED) is 0.830. The molecule has 140 valence electrons. The van der Waals surface area contributed by atoms with Crippen LogP contribution in [0.3, 0.4) is 0 Å². The zero-order chi connectivity index (χ0) is 19.1. The first-order valence-corrected chi connectivity index (χ1v) is 9.61. The number of sulfonamides is 1. The summed E-state index contributed by atoms with van der Waals surface area (Å²) in [4.78, 5) is 14.6. The number of aromatic nitrogens is 3. The Hall–Kier alpha value is -2.30. The number of fused-ring (bicyclic) bond motifs is 1. The summed E-state index contributed by atoms with van der Waals surface area (Å²) in [6, 6.07) is 4.28. The van der Waals surface area contributed by atoms with Crippen molar-refractivity contribution in [3.05, 3.63) is 41.0 Å². The molecule has 9 nitrogen and oxygen atoms in total. The second-order valence-electron chi connectivity index (χ2n) is 6.39. The number of nitrogens with two attached hydrogens (primary N) is 1. The highest BCUT2D eigenvalue weighted by Crippen LogP contribution is 2.25. The Balaban J connectivity index is 1.92. The lowest BCUT2D eigenvalue weighted by Gasteiger charge is -2.33. The van der Waals surface area contributed by atoms with Crippen LogP contribution >= 0.6 is 0 Å². The fourth-order valence-corrected chi connectivity index (χ4v) is 3.71. The smallest absolute Gasteiger partial charge is 0.254 e. The van der Waals surface area contributed by atoms with Crippen molar-refractivity contribution in [3.63, 3.8) is 0 Å². The molecule has 0 bridgehead atoms. The minimum atomic E-state index is -3.88. The summed E-state index contributed by atoms with van der Waals surface area (Å²) in [6.07, 6.45) is 0. The Morgan fingerprint density at radius 2 is 2.12 bits per heavy atom. The summed E-state index contributed by atoms with van der Waals surface area (Å²) in [6.45, 7) is 4.82. The van der Waals surface area contributed by atoms with E-state index in [0.717, 1.165) is 5.82 Å². The minimum Gasteiger partial charge on any atom is -0.377 e. The normalized spacial score (nSPS) is 17.2. The number of aryl methyl sites for hydroxylation is 1. The van der Waals surface area contributed by atoms with Gasteiger partial charge in [-0.2, -0.15) is 0 Å². The molecule has 2 N–H and O–H groups in total. The molecule has 1 aromatic carbocycles. The van der Waals surface area contributed by atoms with E-state index >= 15 is 0 Å². The molecule has 1 aromatic heterocycles. The second kappa shape index (κ2) is 6.78. The number of primary sulfonamides is 1. The fourth-order valence-electron chi connectivity index (χ4n) is 3.17. The lowest BCUT2D eigenvalue weighted by atomic mass is 10.1. The maximum atomic E-state index is 13.0. The summed E-state index contributed by atoms with van der Waals surface area (Å²) in [5.74, 6) is 1.13. The van der Waals surface area contributed by atoms with Gasteiger partial charge in [-0.25, -0.2) is 13.6 Å². The number of carbonyl (C=O) groups excluding carboxylic acids is 1. The number of rotatable bonds is 4. The lowest BCUT2D eigenvalue weighted by Crippen LogP contribution is -2.41. The highest BCUT2D eigenvalue weighted by molar-refractivity contribution is 7.89. The van der Waals surface area contributed by atoms with Gasteiger partial charge >= 0.3 is 0 Å². The Morgan fingerprint density at radius 3 is 2.77 bits per heavy atom. The van der Waals surface area contributed by atoms with Crippen LogP contribution in [0.5, 0.6) is 0 Å². The van der Waals surface area contributed by atoms with Crippen molar-refractivity contribution >= 4 is 15.9 Å². The van der Waals surface area contributed by atoms with E-state index in [1.54, 1.807) is 25.0 Å². The molecule has 0 spiro atoms. The highest BCUT2D eigenvalue weighted by atomic mass is 32.2. The average molecular weight is 379 g/mol. The van der Waals surface area contributed by atoms with E-state index in [9.17, 15) is 13.2 Å². The maximum absolute atomic E-state index is 13.0. The van der Waals surface area contributed by atoms with E-state index in [2.05, 4.69) is 10.2 Å². The average Bonchev–Trinajstić information content (AvgIpc) is 2.97. The molecule has 3 rings (SSSR count). The van der Waals surface area contributed by atoms with E-state index in [-0.39, 0.29) is 16.8 Å². The standard InChI is InChI=1S/C16H21N5O4S/c1-10-4-5-12(26(17,23)24)6-13(10)16(22)20-7-11(2)21-14(8-20)18-19-15(21)9-25-3/h4-6,11H,7-9H2,1-3H3,(H2,17,23,24)/t11-/m0/s1. The van der Waals surface area contributed by atoms with Crippen molar-refractivity contribution in [2.75, 3.05) is 13.7 Å². The molecular weight excluding hydrogens is 358 g/mol. The predicted octanol–water partition coefficient (Wildman–Crippen LogP) is 0.597. The first kappa shape index (κ1) is 18.5. The number of hydrogen-bond acceptors (Lipinski definition) is 6. The van der Waals surface area contributed by atoms with Gasteiger partial charge in [-0.15, -0.1) is 10.2 Å². The molecule has 1 atom stereocenters. The van der Waals surface area contributed by atoms with Crippen LogP contribution in [-0.4, -0.2) is 47.6 Å². The van der Waals surface area contributed by atoms with Crippen LogP contribution in [-0.2, 0) is 27.9 Å². The molecule has 1 aliphatic rings. The van der Waals surface area contributed by atoms with Crippen molar-refractivity contribution in [2.24, 2.45) is 5.14 Å². The van der Waals surface area contributed by atoms with Gasteiger partial charge in [0.05, 0.1) is 17.5 Å². The molecule has 0 unspecified atom stereocenters. The monoisotopic (exact) mass is 379 g/mol. The van der Waals surface area contributed by atoms with E-state index in [1.165, 1.54) is 12.1 Å². The largest absolute Gasteiger partial charge is 0.377 e. The zero-order valence-electron chi connectivity index (χ0n) is 14.8. The van der Waals surface area contributed by atoms with Crippen LogP contribution in [0.1, 0.15) is 40.5 Å². The summed E-state index contributed by atoms with van der Waals surface area (Å²) < 4.78 is 30.3. The Morgan fingerprint density at radius 1 is 1.38 bits per heavy atom. The van der Waals surface area contributed by atoms with Gasteiger partial charge in [0.1, 0.15) is 6.61 Å². The Labute approximate surface area is 151 Å². The van der Waals surface area contributed by atoms with Gasteiger partial charge in [0, 0.05) is 19.2 Å². The van der Waals surface area contributed by atoms with Crippen LogP contribution in [0.25, 0.3) is 0 Å². The number of ether oxygens (including phenoxy) is 1. The topological polar surface area (TPSA) is 120 Å². The number of carbonyl (C=O) groups is 1. The van der Waals surface area contributed by atoms with Crippen LogP contribution in [0.4, 0.5) is 0 Å². The van der Waals surface area contributed by atoms with Crippen LogP contribution in [0.15, 0.2) is 23.1 Å². The summed E-state index contributed by atoms with van der Waals surface area (Å²) in [7, 11) is -2.29. The predicted molar refractivity (Wildman–Crippen MR) is 92.7 cm³/mol. The van der Waals surface area contributed by atoms with Crippen molar-refractivity contribution in [2.45, 2.75) is 37.9 Å². The van der Waals surface area contributed by atoms with Crippen LogP contribution in [0.2, 0.25) is 0 Å². The van der Waals surface area contributed by atoms with E-state index in [1.807, 2.05) is 11.5 Å².